The van der Waals surface area contributed by atoms with E-state index in [1.807, 2.05) is 5.40 Å². The number of nitriles is 1. The van der Waals surface area contributed by atoms with Gasteiger partial charge in [-0.1, -0.05) is 41.5 Å². The van der Waals surface area contributed by atoms with Gasteiger partial charge >= 0.3 is 0 Å². The summed E-state index contributed by atoms with van der Waals surface area (Å²) in [6.07, 6.45) is 0. The highest BCUT2D eigenvalue weighted by Crippen LogP contribution is 2.61. The van der Waals surface area contributed by atoms with Crippen LogP contribution in [-0.2, 0) is 20.9 Å². The van der Waals surface area contributed by atoms with E-state index in [2.05, 4.69) is 41.5 Å². The molecule has 17 heavy (non-hydrogen) atoms. The molecule has 0 atom stereocenters. The molecule has 100 valence electrons. The third kappa shape index (κ3) is 10.1. The Labute approximate surface area is 114 Å². The van der Waals surface area contributed by atoms with E-state index in [0.717, 1.165) is 11.4 Å². The molecule has 0 aromatic heterocycles. The van der Waals surface area contributed by atoms with E-state index < -0.39 is 5.69 Å². The first-order valence-corrected chi connectivity index (χ1v) is 9.50. The van der Waals surface area contributed by atoms with Gasteiger partial charge in [0.05, 0.1) is 13.2 Å². The first kappa shape index (κ1) is 17.4. The fraction of sp³-hybridized carbons (Fsp3) is 0.909. The Kier molecular flexibility index (Phi) is 6.70. The minimum Gasteiger partial charge on any atom is -0.320 e. The van der Waals surface area contributed by atoms with Crippen LogP contribution in [0.5, 0.6) is 0 Å². The first-order valence-electron chi connectivity index (χ1n) is 5.44. The minimum absolute atomic E-state index is 0.0190. The van der Waals surface area contributed by atoms with Gasteiger partial charge in [-0.25, -0.2) is 0 Å². The molecule has 6 heteroatoms. The summed E-state index contributed by atoms with van der Waals surface area (Å²) in [5.41, 5.74) is -2.49. The average molecular weight is 295 g/mol. The van der Waals surface area contributed by atoms with Crippen LogP contribution in [0.2, 0.25) is 0 Å². The predicted molar refractivity (Wildman–Crippen MR) is 78.3 cm³/mol. The summed E-state index contributed by atoms with van der Waals surface area (Å²) in [6, 6.07) is 0. The summed E-state index contributed by atoms with van der Waals surface area (Å²) in [7, 11) is 0. The van der Waals surface area contributed by atoms with Crippen LogP contribution in [-0.4, -0.2) is 13.2 Å². The smallest absolute Gasteiger partial charge is 0.261 e. The van der Waals surface area contributed by atoms with Crippen molar-refractivity contribution in [2.45, 2.75) is 41.5 Å². The topological polar surface area (TPSA) is 42.2 Å². The predicted octanol–water partition coefficient (Wildman–Crippen LogP) is 4.55. The molecule has 0 aliphatic rings. The lowest BCUT2D eigenvalue weighted by Crippen LogP contribution is -2.16. The molecule has 0 aliphatic heterocycles. The molecular formula is C11H22NO2PS2. The molecule has 0 amide bonds. The van der Waals surface area contributed by atoms with Crippen molar-refractivity contribution in [3.63, 3.8) is 0 Å². The van der Waals surface area contributed by atoms with E-state index in [9.17, 15) is 0 Å². The second-order valence-corrected chi connectivity index (χ2v) is 12.2. The lowest BCUT2D eigenvalue weighted by atomic mass is 9.99. The van der Waals surface area contributed by atoms with E-state index in [1.54, 1.807) is 0 Å². The molecule has 0 heterocycles. The number of thiocyanates is 1. The van der Waals surface area contributed by atoms with Crippen LogP contribution in [0.3, 0.4) is 0 Å². The Balaban J connectivity index is 4.48. The molecule has 0 saturated carbocycles. The summed E-state index contributed by atoms with van der Waals surface area (Å²) < 4.78 is 11.3. The van der Waals surface area contributed by atoms with Gasteiger partial charge in [-0.05, 0) is 22.6 Å². The van der Waals surface area contributed by atoms with Gasteiger partial charge in [0.1, 0.15) is 5.40 Å². The Bertz CT molecular complexity index is 304. The standard InChI is InChI=1S/C11H22NO2PS2/c1-10(2,3)7-13-15(16,17-9-12)14-8-11(4,5)6/h7-8H2,1-6H3. The molecule has 0 rings (SSSR count). The maximum Gasteiger partial charge on any atom is 0.261 e. The van der Waals surface area contributed by atoms with Crippen molar-refractivity contribution in [1.29, 1.82) is 5.26 Å². The molecule has 0 aromatic carbocycles. The lowest BCUT2D eigenvalue weighted by Gasteiger charge is -2.27. The van der Waals surface area contributed by atoms with E-state index in [1.165, 1.54) is 0 Å². The summed E-state index contributed by atoms with van der Waals surface area (Å²) in [5, 5.41) is 10.8. The highest BCUT2D eigenvalue weighted by atomic mass is 32.9. The van der Waals surface area contributed by atoms with Gasteiger partial charge in [0.25, 0.3) is 5.69 Å². The van der Waals surface area contributed by atoms with Crippen LogP contribution in [0.4, 0.5) is 0 Å². The van der Waals surface area contributed by atoms with Crippen molar-refractivity contribution in [1.82, 2.24) is 0 Å². The Morgan fingerprint density at radius 3 is 1.65 bits per heavy atom. The molecule has 0 unspecified atom stereocenters. The van der Waals surface area contributed by atoms with Gasteiger partial charge in [0, 0.05) is 11.4 Å². The normalized spacial score (nSPS) is 13.5. The largest absolute Gasteiger partial charge is 0.320 e. The van der Waals surface area contributed by atoms with Gasteiger partial charge in [0.15, 0.2) is 0 Å². The number of hydrogen-bond acceptors (Lipinski definition) is 5. The van der Waals surface area contributed by atoms with Crippen LogP contribution in [0.1, 0.15) is 41.5 Å². The zero-order chi connectivity index (χ0) is 13.7. The van der Waals surface area contributed by atoms with Crippen LogP contribution >= 0.6 is 17.1 Å². The van der Waals surface area contributed by atoms with Gasteiger partial charge in [0.2, 0.25) is 0 Å². The fourth-order valence-electron chi connectivity index (χ4n) is 0.685. The van der Waals surface area contributed by atoms with E-state index >= 15 is 0 Å². The number of nitrogens with zero attached hydrogens (tertiary/aromatic N) is 1. The van der Waals surface area contributed by atoms with Crippen molar-refractivity contribution in [3.8, 4) is 5.40 Å². The van der Waals surface area contributed by atoms with Gasteiger partial charge in [-0.3, -0.25) is 0 Å². The van der Waals surface area contributed by atoms with Crippen molar-refractivity contribution in [3.05, 3.63) is 0 Å². The molecule has 0 aromatic rings. The molecule has 0 radical (unpaired) electrons. The zero-order valence-corrected chi connectivity index (χ0v) is 14.0. The molecule has 0 bridgehead atoms. The highest BCUT2D eigenvalue weighted by Gasteiger charge is 2.26. The maximum absolute atomic E-state index is 8.77. The van der Waals surface area contributed by atoms with Crippen LogP contribution in [0, 0.1) is 21.5 Å². The SMILES string of the molecule is CC(C)(C)COP(=S)(OCC(C)(C)C)SC#N. The maximum atomic E-state index is 8.77. The minimum atomic E-state index is -2.52. The van der Waals surface area contributed by atoms with Crippen LogP contribution < -0.4 is 0 Å². The van der Waals surface area contributed by atoms with E-state index in [4.69, 9.17) is 26.1 Å². The van der Waals surface area contributed by atoms with Crippen molar-refractivity contribution in [2.24, 2.45) is 10.8 Å². The third-order valence-corrected chi connectivity index (χ3v) is 5.51. The Hall–Kier alpha value is 0.410. The molecule has 0 spiro atoms. The number of rotatable bonds is 5. The molecule has 0 fully saturated rings. The lowest BCUT2D eigenvalue weighted by molar-refractivity contribution is 0.155. The molecule has 0 N–H and O–H groups in total. The highest BCUT2D eigenvalue weighted by molar-refractivity contribution is 8.69. The Morgan fingerprint density at radius 2 is 1.41 bits per heavy atom. The first-order chi connectivity index (χ1) is 7.47. The van der Waals surface area contributed by atoms with Gasteiger partial charge in [-0.2, -0.15) is 5.26 Å². The van der Waals surface area contributed by atoms with E-state index in [0.29, 0.717) is 13.2 Å². The zero-order valence-electron chi connectivity index (χ0n) is 11.4. The summed E-state index contributed by atoms with van der Waals surface area (Å²) in [5.74, 6) is 0. The van der Waals surface area contributed by atoms with E-state index in [-0.39, 0.29) is 10.8 Å². The average Bonchev–Trinajstić information content (AvgIpc) is 2.11. The third-order valence-electron chi connectivity index (χ3n) is 1.46. The second kappa shape index (κ2) is 6.54. The fourth-order valence-corrected chi connectivity index (χ4v) is 3.60. The Morgan fingerprint density at radius 1 is 1.06 bits per heavy atom. The van der Waals surface area contributed by atoms with Crippen LogP contribution in [0.15, 0.2) is 0 Å². The van der Waals surface area contributed by atoms with Crippen molar-refractivity contribution < 1.29 is 9.05 Å². The monoisotopic (exact) mass is 295 g/mol. The summed E-state index contributed by atoms with van der Waals surface area (Å²) >= 11 is 6.29. The summed E-state index contributed by atoms with van der Waals surface area (Å²) in [6.45, 7) is 13.4. The van der Waals surface area contributed by atoms with Gasteiger partial charge in [-0.15, -0.1) is 0 Å². The van der Waals surface area contributed by atoms with Gasteiger partial charge < -0.3 is 9.05 Å². The molecular weight excluding hydrogens is 273 g/mol. The van der Waals surface area contributed by atoms with Crippen LogP contribution in [0.25, 0.3) is 0 Å². The van der Waals surface area contributed by atoms with Crippen molar-refractivity contribution in [2.75, 3.05) is 13.2 Å². The summed E-state index contributed by atoms with van der Waals surface area (Å²) in [4.78, 5) is 0. The molecule has 0 aliphatic carbocycles. The molecule has 3 nitrogen and oxygen atoms in total. The molecule has 0 saturated heterocycles. The second-order valence-electron chi connectivity index (χ2n) is 6.30. The quantitative estimate of drug-likeness (QED) is 0.550. The number of hydrogen-bond donors (Lipinski definition) is 0. The van der Waals surface area contributed by atoms with Crippen molar-refractivity contribution >= 4 is 28.9 Å².